The third-order valence-corrected chi connectivity index (χ3v) is 8.62. The number of rotatable bonds is 3. The van der Waals surface area contributed by atoms with Gasteiger partial charge in [0.1, 0.15) is 11.5 Å². The van der Waals surface area contributed by atoms with Gasteiger partial charge >= 0.3 is 0 Å². The predicted octanol–water partition coefficient (Wildman–Crippen LogP) is 6.66. The smallest absolute Gasteiger partial charge is 0.185 e. The number of para-hydroxylation sites is 1. The molecule has 0 N–H and O–H groups in total. The van der Waals surface area contributed by atoms with Crippen molar-refractivity contribution in [2.24, 2.45) is 5.41 Å². The van der Waals surface area contributed by atoms with E-state index < -0.39 is 23.4 Å². The van der Waals surface area contributed by atoms with Crippen LogP contribution in [-0.2, 0) is 0 Å². The number of carbonyl (C=O) groups excluding carboxylic acids is 3. The molecular weight excluding hydrogens is 494 g/mol. The van der Waals surface area contributed by atoms with E-state index >= 15 is 0 Å². The van der Waals surface area contributed by atoms with Crippen LogP contribution >= 0.6 is 11.6 Å². The van der Waals surface area contributed by atoms with Gasteiger partial charge in [-0.1, -0.05) is 115 Å². The number of halogens is 1. The third-order valence-electron chi connectivity index (χ3n) is 8.28. The Labute approximate surface area is 225 Å². The SMILES string of the molecule is O=C(c1ccccc1)[C@@H]1[C@@H](c2ccccc2Cl)C2(C(=O)c3ccccc3C2=O)[C@@H]2C=Cc3ccccc3N12. The van der Waals surface area contributed by atoms with Gasteiger partial charge in [-0.05, 0) is 23.3 Å². The first-order valence-electron chi connectivity index (χ1n) is 12.6. The molecule has 0 amide bonds. The summed E-state index contributed by atoms with van der Waals surface area (Å²) < 4.78 is 0. The fraction of sp³-hybridized carbons (Fsp3) is 0.121. The molecule has 4 nitrogen and oxygen atoms in total. The molecular formula is C33H22ClNO3. The summed E-state index contributed by atoms with van der Waals surface area (Å²) in [4.78, 5) is 45.6. The van der Waals surface area contributed by atoms with Gasteiger partial charge in [0.05, 0.1) is 6.04 Å². The molecule has 1 aliphatic carbocycles. The van der Waals surface area contributed by atoms with E-state index in [9.17, 15) is 14.4 Å². The molecule has 1 saturated heterocycles. The largest absolute Gasteiger partial charge is 0.352 e. The zero-order valence-corrected chi connectivity index (χ0v) is 21.0. The van der Waals surface area contributed by atoms with Gasteiger partial charge in [-0.2, -0.15) is 0 Å². The summed E-state index contributed by atoms with van der Waals surface area (Å²) in [5.74, 6) is -1.48. The van der Waals surface area contributed by atoms with Crippen molar-refractivity contribution in [1.82, 2.24) is 0 Å². The number of ketones is 3. The highest BCUT2D eigenvalue weighted by Crippen LogP contribution is 2.61. The molecule has 3 aliphatic rings. The number of nitrogens with zero attached hydrogens (tertiary/aromatic N) is 1. The Balaban J connectivity index is 1.57. The zero-order valence-electron chi connectivity index (χ0n) is 20.3. The van der Waals surface area contributed by atoms with Gasteiger partial charge in [-0.3, -0.25) is 14.4 Å². The number of hydrogen-bond acceptors (Lipinski definition) is 4. The second-order valence-corrected chi connectivity index (χ2v) is 10.4. The third kappa shape index (κ3) is 2.89. The molecule has 4 aromatic rings. The van der Waals surface area contributed by atoms with E-state index in [0.717, 1.165) is 11.3 Å². The molecule has 1 spiro atoms. The molecule has 38 heavy (non-hydrogen) atoms. The van der Waals surface area contributed by atoms with Crippen LogP contribution in [0.3, 0.4) is 0 Å². The Morgan fingerprint density at radius 1 is 0.737 bits per heavy atom. The van der Waals surface area contributed by atoms with Crippen LogP contribution < -0.4 is 4.90 Å². The second kappa shape index (κ2) is 8.37. The van der Waals surface area contributed by atoms with Crippen LogP contribution in [0.1, 0.15) is 48.1 Å². The minimum Gasteiger partial charge on any atom is -0.352 e. The summed E-state index contributed by atoms with van der Waals surface area (Å²) in [5.41, 5.74) is 2.14. The lowest BCUT2D eigenvalue weighted by Gasteiger charge is -2.37. The van der Waals surface area contributed by atoms with Crippen molar-refractivity contribution in [2.75, 3.05) is 4.90 Å². The van der Waals surface area contributed by atoms with E-state index in [1.807, 2.05) is 77.7 Å². The molecule has 1 fully saturated rings. The van der Waals surface area contributed by atoms with Gasteiger partial charge in [-0.25, -0.2) is 0 Å². The monoisotopic (exact) mass is 515 g/mol. The molecule has 0 saturated carbocycles. The van der Waals surface area contributed by atoms with Gasteiger partial charge in [0.2, 0.25) is 0 Å². The first-order valence-corrected chi connectivity index (χ1v) is 13.0. The Kier molecular flexibility index (Phi) is 5.04. The number of Topliss-reactive ketones (excluding diaryl/α,β-unsaturated/α-hetero) is 3. The van der Waals surface area contributed by atoms with Crippen LogP contribution in [0.5, 0.6) is 0 Å². The number of benzene rings is 4. The Morgan fingerprint density at radius 3 is 2.05 bits per heavy atom. The molecule has 184 valence electrons. The summed E-state index contributed by atoms with van der Waals surface area (Å²) in [7, 11) is 0. The van der Waals surface area contributed by atoms with Gasteiger partial charge in [0, 0.05) is 33.3 Å². The Morgan fingerprint density at radius 2 is 1.34 bits per heavy atom. The molecule has 7 rings (SSSR count). The maximum atomic E-state index is 14.6. The summed E-state index contributed by atoms with van der Waals surface area (Å²) >= 11 is 6.82. The van der Waals surface area contributed by atoms with Crippen LogP contribution in [0.2, 0.25) is 5.02 Å². The van der Waals surface area contributed by atoms with Crippen LogP contribution in [0.15, 0.2) is 109 Å². The first kappa shape index (κ1) is 22.9. The Hall–Kier alpha value is -4.28. The summed E-state index contributed by atoms with van der Waals surface area (Å²) in [6.45, 7) is 0. The predicted molar refractivity (Wildman–Crippen MR) is 148 cm³/mol. The molecule has 2 heterocycles. The summed E-state index contributed by atoms with van der Waals surface area (Å²) in [6, 6.07) is 29.6. The zero-order chi connectivity index (χ0) is 26.0. The highest BCUT2D eigenvalue weighted by molar-refractivity contribution is 6.34. The van der Waals surface area contributed by atoms with Gasteiger partial charge in [-0.15, -0.1) is 0 Å². The maximum Gasteiger partial charge on any atom is 0.185 e. The van der Waals surface area contributed by atoms with Gasteiger partial charge < -0.3 is 4.90 Å². The fourth-order valence-electron chi connectivity index (χ4n) is 6.76. The second-order valence-electron chi connectivity index (χ2n) is 10.0. The average molecular weight is 516 g/mol. The van der Waals surface area contributed by atoms with Crippen molar-refractivity contribution in [1.29, 1.82) is 0 Å². The van der Waals surface area contributed by atoms with E-state index in [4.69, 9.17) is 11.6 Å². The highest BCUT2D eigenvalue weighted by atomic mass is 35.5. The van der Waals surface area contributed by atoms with E-state index in [-0.39, 0.29) is 17.3 Å². The summed E-state index contributed by atoms with van der Waals surface area (Å²) in [5, 5.41) is 0.427. The summed E-state index contributed by atoms with van der Waals surface area (Å²) in [6.07, 6.45) is 3.88. The maximum absolute atomic E-state index is 14.6. The van der Waals surface area contributed by atoms with Crippen LogP contribution in [0.4, 0.5) is 5.69 Å². The van der Waals surface area contributed by atoms with Crippen molar-refractivity contribution in [3.05, 3.63) is 142 Å². The lowest BCUT2D eigenvalue weighted by atomic mass is 9.64. The molecule has 4 aromatic carbocycles. The van der Waals surface area contributed by atoms with E-state index in [2.05, 4.69) is 0 Å². The van der Waals surface area contributed by atoms with Crippen LogP contribution in [0, 0.1) is 5.41 Å². The van der Waals surface area contributed by atoms with E-state index in [1.165, 1.54) is 0 Å². The Bertz CT molecular complexity index is 1640. The number of hydrogen-bond donors (Lipinski definition) is 0. The number of anilines is 1. The quantitative estimate of drug-likeness (QED) is 0.226. The van der Waals surface area contributed by atoms with E-state index in [0.29, 0.717) is 27.3 Å². The highest BCUT2D eigenvalue weighted by Gasteiger charge is 2.71. The standard InChI is InChI=1S/C33H22ClNO3/c34-25-16-8-7-15-24(25)28-29(30(36)21-11-2-1-3-12-21)35-26-17-9-4-10-20(26)18-19-27(35)33(28)31(37)22-13-5-6-14-23(22)32(33)38/h1-19,27-29H/t27-,28+,29-/m0/s1. The molecule has 0 bridgehead atoms. The van der Waals surface area contributed by atoms with Crippen LogP contribution in [0.25, 0.3) is 6.08 Å². The van der Waals surface area contributed by atoms with Crippen molar-refractivity contribution >= 4 is 40.7 Å². The van der Waals surface area contributed by atoms with Crippen molar-refractivity contribution in [2.45, 2.75) is 18.0 Å². The molecule has 5 heteroatoms. The van der Waals surface area contributed by atoms with Gasteiger partial charge in [0.25, 0.3) is 0 Å². The number of carbonyl (C=O) groups is 3. The molecule has 3 atom stereocenters. The lowest BCUT2D eigenvalue weighted by molar-refractivity contribution is 0.0666. The first-order chi connectivity index (χ1) is 18.5. The molecule has 0 radical (unpaired) electrons. The molecule has 2 aliphatic heterocycles. The molecule has 0 aromatic heterocycles. The van der Waals surface area contributed by atoms with Crippen molar-refractivity contribution < 1.29 is 14.4 Å². The topological polar surface area (TPSA) is 54.5 Å². The normalized spacial score (nSPS) is 22.3. The van der Waals surface area contributed by atoms with Crippen molar-refractivity contribution in [3.8, 4) is 0 Å². The minimum absolute atomic E-state index is 0.154. The fourth-order valence-corrected chi connectivity index (χ4v) is 7.01. The van der Waals surface area contributed by atoms with Crippen molar-refractivity contribution in [3.63, 3.8) is 0 Å². The lowest BCUT2D eigenvalue weighted by Crippen LogP contribution is -2.48. The minimum atomic E-state index is -1.55. The van der Waals surface area contributed by atoms with E-state index in [1.54, 1.807) is 42.5 Å². The van der Waals surface area contributed by atoms with Gasteiger partial charge in [0.15, 0.2) is 17.3 Å². The number of fused-ring (bicyclic) bond motifs is 5. The van der Waals surface area contributed by atoms with Crippen LogP contribution in [-0.4, -0.2) is 29.4 Å². The average Bonchev–Trinajstić information content (AvgIpc) is 3.39. The molecule has 0 unspecified atom stereocenters.